The van der Waals surface area contributed by atoms with Crippen LogP contribution in [0.4, 0.5) is 4.39 Å². The first kappa shape index (κ1) is 16.7. The van der Waals surface area contributed by atoms with E-state index in [1.54, 1.807) is 12.1 Å². The molecule has 1 N–H and O–H groups in total. The topological polar surface area (TPSA) is 29.1 Å². The maximum atomic E-state index is 12.8. The van der Waals surface area contributed by atoms with Crippen LogP contribution in [0.1, 0.15) is 51.5 Å². The fourth-order valence-electron chi connectivity index (χ4n) is 2.20. The molecule has 0 spiro atoms. The van der Waals surface area contributed by atoms with Crippen molar-refractivity contribution >= 4 is 5.91 Å². The Balaban J connectivity index is 2.24. The van der Waals surface area contributed by atoms with Gasteiger partial charge >= 0.3 is 0 Å². The van der Waals surface area contributed by atoms with Gasteiger partial charge < -0.3 is 5.32 Å². The van der Waals surface area contributed by atoms with Gasteiger partial charge in [0.25, 0.3) is 0 Å². The van der Waals surface area contributed by atoms with Gasteiger partial charge in [-0.15, -0.1) is 0 Å². The third kappa shape index (κ3) is 6.69. The van der Waals surface area contributed by atoms with Gasteiger partial charge in [-0.05, 0) is 36.5 Å². The molecule has 2 nitrogen and oxygen atoms in total. The summed E-state index contributed by atoms with van der Waals surface area (Å²) in [6.07, 6.45) is 5.86. The largest absolute Gasteiger partial charge is 0.356 e. The number of rotatable bonds is 9. The second kappa shape index (κ2) is 9.51. The van der Waals surface area contributed by atoms with Crippen LogP contribution >= 0.6 is 0 Å². The lowest BCUT2D eigenvalue weighted by molar-refractivity contribution is -0.121. The van der Waals surface area contributed by atoms with E-state index in [4.69, 9.17) is 0 Å². The lowest BCUT2D eigenvalue weighted by atomic mass is 9.99. The smallest absolute Gasteiger partial charge is 0.220 e. The average Bonchev–Trinajstić information content (AvgIpc) is 2.47. The number of hydrogen-bond acceptors (Lipinski definition) is 1. The van der Waals surface area contributed by atoms with E-state index in [9.17, 15) is 9.18 Å². The predicted octanol–water partition coefficient (Wildman–Crippen LogP) is 4.09. The summed E-state index contributed by atoms with van der Waals surface area (Å²) >= 11 is 0. The summed E-state index contributed by atoms with van der Waals surface area (Å²) in [4.78, 5) is 11.8. The lowest BCUT2D eigenvalue weighted by Crippen LogP contribution is -2.29. The van der Waals surface area contributed by atoms with E-state index < -0.39 is 0 Å². The van der Waals surface area contributed by atoms with Crippen LogP contribution in [0.15, 0.2) is 24.3 Å². The Bertz CT molecular complexity index is 388. The molecule has 0 radical (unpaired) electrons. The summed E-state index contributed by atoms with van der Waals surface area (Å²) < 4.78 is 12.8. The first-order valence-corrected chi connectivity index (χ1v) is 7.66. The van der Waals surface area contributed by atoms with E-state index in [1.807, 2.05) is 0 Å². The number of unbranched alkanes of at least 4 members (excludes halogenated alkanes) is 1. The Labute approximate surface area is 121 Å². The monoisotopic (exact) mass is 279 g/mol. The zero-order valence-electron chi connectivity index (χ0n) is 12.6. The Hall–Kier alpha value is -1.38. The van der Waals surface area contributed by atoms with Crippen LogP contribution in [0.3, 0.4) is 0 Å². The number of aryl methyl sites for hydroxylation is 1. The molecule has 0 fully saturated rings. The van der Waals surface area contributed by atoms with E-state index in [0.29, 0.717) is 18.8 Å². The minimum Gasteiger partial charge on any atom is -0.356 e. The molecule has 112 valence electrons. The van der Waals surface area contributed by atoms with Crippen molar-refractivity contribution in [1.29, 1.82) is 0 Å². The molecule has 1 atom stereocenters. The molecule has 0 bridgehead atoms. The van der Waals surface area contributed by atoms with Crippen LogP contribution < -0.4 is 5.32 Å². The molecule has 0 saturated carbocycles. The number of benzene rings is 1. The normalized spacial score (nSPS) is 12.2. The van der Waals surface area contributed by atoms with Gasteiger partial charge in [-0.2, -0.15) is 0 Å². The van der Waals surface area contributed by atoms with Gasteiger partial charge in [-0.25, -0.2) is 4.39 Å². The molecule has 1 unspecified atom stereocenters. The molecule has 0 aromatic heterocycles. The van der Waals surface area contributed by atoms with Crippen molar-refractivity contribution in [2.24, 2.45) is 5.92 Å². The molecule has 20 heavy (non-hydrogen) atoms. The summed E-state index contributed by atoms with van der Waals surface area (Å²) in [6.45, 7) is 5.14. The van der Waals surface area contributed by atoms with Gasteiger partial charge in [0.1, 0.15) is 5.82 Å². The van der Waals surface area contributed by atoms with Gasteiger partial charge in [0.05, 0.1) is 0 Å². The average molecular weight is 279 g/mol. The summed E-state index contributed by atoms with van der Waals surface area (Å²) in [5.41, 5.74) is 1.000. The highest BCUT2D eigenvalue weighted by atomic mass is 19.1. The first-order valence-electron chi connectivity index (χ1n) is 7.66. The molecule has 1 amide bonds. The lowest BCUT2D eigenvalue weighted by Gasteiger charge is -2.15. The van der Waals surface area contributed by atoms with Crippen molar-refractivity contribution < 1.29 is 9.18 Å². The van der Waals surface area contributed by atoms with Gasteiger partial charge in [-0.3, -0.25) is 4.79 Å². The third-order valence-electron chi connectivity index (χ3n) is 3.69. The fourth-order valence-corrected chi connectivity index (χ4v) is 2.20. The molecule has 1 rings (SSSR count). The molecular formula is C17H26FNO. The molecule has 0 heterocycles. The fraction of sp³-hybridized carbons (Fsp3) is 0.588. The molecule has 1 aromatic carbocycles. The Morgan fingerprint density at radius 2 is 1.95 bits per heavy atom. The number of hydrogen-bond donors (Lipinski definition) is 1. The maximum Gasteiger partial charge on any atom is 0.220 e. The minimum absolute atomic E-state index is 0.0873. The van der Waals surface area contributed by atoms with Crippen LogP contribution in [0, 0.1) is 11.7 Å². The zero-order valence-corrected chi connectivity index (χ0v) is 12.6. The van der Waals surface area contributed by atoms with Crippen molar-refractivity contribution in [1.82, 2.24) is 5.32 Å². The minimum atomic E-state index is -0.236. The summed E-state index contributed by atoms with van der Waals surface area (Å²) in [6, 6.07) is 6.34. The summed E-state index contributed by atoms with van der Waals surface area (Å²) in [7, 11) is 0. The predicted molar refractivity (Wildman–Crippen MR) is 81.0 cm³/mol. The highest BCUT2D eigenvalue weighted by molar-refractivity contribution is 5.76. The zero-order chi connectivity index (χ0) is 14.8. The standard InChI is InChI=1S/C17H26FNO/c1-3-5-6-14(4-2)13-19-17(20)12-9-15-7-10-16(18)11-8-15/h7-8,10-11,14H,3-6,9,12-13H2,1-2H3,(H,19,20). The van der Waals surface area contributed by atoms with E-state index in [1.165, 1.54) is 31.4 Å². The number of carbonyl (C=O) groups is 1. The van der Waals surface area contributed by atoms with Gasteiger partial charge in [0, 0.05) is 13.0 Å². The summed E-state index contributed by atoms with van der Waals surface area (Å²) in [5.74, 6) is 0.439. The molecule has 0 aliphatic heterocycles. The van der Waals surface area contributed by atoms with Crippen LogP contribution in [0.5, 0.6) is 0 Å². The van der Waals surface area contributed by atoms with Gasteiger partial charge in [0.15, 0.2) is 0 Å². The summed E-state index contributed by atoms with van der Waals surface area (Å²) in [5, 5.41) is 3.01. The SMILES string of the molecule is CCCCC(CC)CNC(=O)CCc1ccc(F)cc1. The van der Waals surface area contributed by atoms with E-state index in [2.05, 4.69) is 19.2 Å². The van der Waals surface area contributed by atoms with Crippen LogP contribution in [0.2, 0.25) is 0 Å². The van der Waals surface area contributed by atoms with Crippen molar-refractivity contribution in [2.45, 2.75) is 52.4 Å². The quantitative estimate of drug-likeness (QED) is 0.724. The molecule has 0 aliphatic carbocycles. The van der Waals surface area contributed by atoms with Crippen molar-refractivity contribution in [2.75, 3.05) is 6.54 Å². The second-order valence-corrected chi connectivity index (χ2v) is 5.35. The first-order chi connectivity index (χ1) is 9.65. The van der Waals surface area contributed by atoms with E-state index in [-0.39, 0.29) is 11.7 Å². The van der Waals surface area contributed by atoms with Crippen molar-refractivity contribution in [3.63, 3.8) is 0 Å². The van der Waals surface area contributed by atoms with Crippen LogP contribution in [-0.2, 0) is 11.2 Å². The van der Waals surface area contributed by atoms with Gasteiger partial charge in [0.2, 0.25) is 5.91 Å². The van der Waals surface area contributed by atoms with Gasteiger partial charge in [-0.1, -0.05) is 45.2 Å². The Morgan fingerprint density at radius 3 is 2.55 bits per heavy atom. The van der Waals surface area contributed by atoms with Crippen LogP contribution in [0.25, 0.3) is 0 Å². The number of carbonyl (C=O) groups excluding carboxylic acids is 1. The van der Waals surface area contributed by atoms with Crippen molar-refractivity contribution in [3.8, 4) is 0 Å². The number of halogens is 1. The molecule has 0 saturated heterocycles. The maximum absolute atomic E-state index is 12.8. The number of nitrogens with one attached hydrogen (secondary N) is 1. The van der Waals surface area contributed by atoms with Crippen molar-refractivity contribution in [3.05, 3.63) is 35.6 Å². The Kier molecular flexibility index (Phi) is 7.93. The molecule has 3 heteroatoms. The Morgan fingerprint density at radius 1 is 1.25 bits per heavy atom. The molecular weight excluding hydrogens is 253 g/mol. The second-order valence-electron chi connectivity index (χ2n) is 5.35. The van der Waals surface area contributed by atoms with E-state index >= 15 is 0 Å². The van der Waals surface area contributed by atoms with Crippen LogP contribution in [-0.4, -0.2) is 12.5 Å². The molecule has 0 aliphatic rings. The third-order valence-corrected chi connectivity index (χ3v) is 3.69. The van der Waals surface area contributed by atoms with E-state index in [0.717, 1.165) is 18.5 Å². The number of amides is 1. The highest BCUT2D eigenvalue weighted by Gasteiger charge is 2.08. The molecule has 1 aromatic rings. The highest BCUT2D eigenvalue weighted by Crippen LogP contribution is 2.11.